The topological polar surface area (TPSA) is 51.8 Å². The van der Waals surface area contributed by atoms with E-state index in [1.165, 1.54) is 0 Å². The van der Waals surface area contributed by atoms with E-state index in [1.807, 2.05) is 42.5 Å². The summed E-state index contributed by atoms with van der Waals surface area (Å²) < 4.78 is 0. The summed E-state index contributed by atoms with van der Waals surface area (Å²) in [6.07, 6.45) is 4.10. The van der Waals surface area contributed by atoms with Gasteiger partial charge in [-0.3, -0.25) is 9.97 Å². The molecule has 0 fully saturated rings. The number of fused-ring (bicyclic) bond motifs is 1. The average Bonchev–Trinajstić information content (AvgIpc) is 2.46. The predicted octanol–water partition coefficient (Wildman–Crippen LogP) is 3.53. The van der Waals surface area contributed by atoms with Crippen LogP contribution in [0.15, 0.2) is 54.9 Å². The fourth-order valence-electron chi connectivity index (χ4n) is 2.34. The van der Waals surface area contributed by atoms with Gasteiger partial charge in [0.25, 0.3) is 0 Å². The van der Waals surface area contributed by atoms with Crippen LogP contribution in [0.2, 0.25) is 5.02 Å². The van der Waals surface area contributed by atoms with Gasteiger partial charge in [-0.2, -0.15) is 0 Å². The molecule has 1 aromatic heterocycles. The van der Waals surface area contributed by atoms with Gasteiger partial charge in [0.1, 0.15) is 0 Å². The number of aromatic nitrogens is 2. The van der Waals surface area contributed by atoms with Gasteiger partial charge < -0.3 is 5.73 Å². The van der Waals surface area contributed by atoms with Crippen LogP contribution in [0, 0.1) is 0 Å². The second-order valence-corrected chi connectivity index (χ2v) is 5.15. The SMILES string of the molecule is NC(Cc1cccc(Cl)c1)c1cccc2nccnc12. The summed E-state index contributed by atoms with van der Waals surface area (Å²) in [4.78, 5) is 8.70. The third-order valence-corrected chi connectivity index (χ3v) is 3.51. The van der Waals surface area contributed by atoms with Crippen molar-refractivity contribution in [2.24, 2.45) is 5.73 Å². The van der Waals surface area contributed by atoms with Crippen LogP contribution in [-0.2, 0) is 6.42 Å². The zero-order valence-electron chi connectivity index (χ0n) is 10.8. The quantitative estimate of drug-likeness (QED) is 0.800. The van der Waals surface area contributed by atoms with Gasteiger partial charge in [-0.25, -0.2) is 0 Å². The van der Waals surface area contributed by atoms with Gasteiger partial charge in [-0.05, 0) is 35.7 Å². The number of hydrogen-bond donors (Lipinski definition) is 1. The largest absolute Gasteiger partial charge is 0.324 e. The van der Waals surface area contributed by atoms with E-state index in [1.54, 1.807) is 12.4 Å². The minimum absolute atomic E-state index is 0.131. The molecule has 0 aliphatic rings. The molecule has 0 radical (unpaired) electrons. The van der Waals surface area contributed by atoms with E-state index in [9.17, 15) is 0 Å². The Balaban J connectivity index is 1.94. The highest BCUT2D eigenvalue weighted by Crippen LogP contribution is 2.23. The molecule has 0 amide bonds. The Morgan fingerprint density at radius 1 is 1.05 bits per heavy atom. The van der Waals surface area contributed by atoms with Gasteiger partial charge in [0.15, 0.2) is 0 Å². The molecule has 1 heterocycles. The Kier molecular flexibility index (Phi) is 3.63. The summed E-state index contributed by atoms with van der Waals surface area (Å²) in [7, 11) is 0. The smallest absolute Gasteiger partial charge is 0.0934 e. The van der Waals surface area contributed by atoms with E-state index in [2.05, 4.69) is 9.97 Å². The number of nitrogens with two attached hydrogens (primary N) is 1. The van der Waals surface area contributed by atoms with E-state index in [0.717, 1.165) is 33.6 Å². The maximum absolute atomic E-state index is 6.33. The van der Waals surface area contributed by atoms with Crippen LogP contribution in [0.3, 0.4) is 0 Å². The zero-order chi connectivity index (χ0) is 13.9. The molecule has 0 aliphatic carbocycles. The summed E-state index contributed by atoms with van der Waals surface area (Å²) in [5, 5.41) is 0.729. The second kappa shape index (κ2) is 5.57. The Bertz CT molecular complexity index is 737. The molecule has 2 N–H and O–H groups in total. The maximum atomic E-state index is 6.33. The molecule has 0 bridgehead atoms. The van der Waals surface area contributed by atoms with E-state index in [4.69, 9.17) is 17.3 Å². The molecular weight excluding hydrogens is 270 g/mol. The Labute approximate surface area is 122 Å². The molecule has 2 aromatic carbocycles. The summed E-state index contributed by atoms with van der Waals surface area (Å²) in [5.74, 6) is 0. The van der Waals surface area contributed by atoms with Crippen molar-refractivity contribution >= 4 is 22.6 Å². The average molecular weight is 284 g/mol. The second-order valence-electron chi connectivity index (χ2n) is 4.71. The van der Waals surface area contributed by atoms with Crippen LogP contribution in [0.5, 0.6) is 0 Å². The molecule has 100 valence electrons. The highest BCUT2D eigenvalue weighted by molar-refractivity contribution is 6.30. The van der Waals surface area contributed by atoms with E-state index in [-0.39, 0.29) is 6.04 Å². The summed E-state index contributed by atoms with van der Waals surface area (Å²) in [6.45, 7) is 0. The van der Waals surface area contributed by atoms with E-state index >= 15 is 0 Å². The fraction of sp³-hybridized carbons (Fsp3) is 0.125. The molecule has 0 saturated carbocycles. The first kappa shape index (κ1) is 13.0. The molecule has 3 aromatic rings. The van der Waals surface area contributed by atoms with Crippen molar-refractivity contribution < 1.29 is 0 Å². The lowest BCUT2D eigenvalue weighted by Gasteiger charge is -2.14. The summed E-state index contributed by atoms with van der Waals surface area (Å²) in [6, 6.07) is 13.6. The normalized spacial score (nSPS) is 12.5. The number of para-hydroxylation sites is 1. The molecule has 20 heavy (non-hydrogen) atoms. The van der Waals surface area contributed by atoms with Gasteiger partial charge in [0, 0.05) is 23.5 Å². The van der Waals surface area contributed by atoms with Crippen LogP contribution in [-0.4, -0.2) is 9.97 Å². The fourth-order valence-corrected chi connectivity index (χ4v) is 2.55. The van der Waals surface area contributed by atoms with Crippen molar-refractivity contribution in [3.05, 3.63) is 71.0 Å². The standard InChI is InChI=1S/C16H14ClN3/c17-12-4-1-3-11(9-12)10-14(18)13-5-2-6-15-16(13)20-8-7-19-15/h1-9,14H,10,18H2. The van der Waals surface area contributed by atoms with E-state index < -0.39 is 0 Å². The predicted molar refractivity (Wildman–Crippen MR) is 81.6 cm³/mol. The van der Waals surface area contributed by atoms with Crippen molar-refractivity contribution in [2.75, 3.05) is 0 Å². The third kappa shape index (κ3) is 2.64. The lowest BCUT2D eigenvalue weighted by Crippen LogP contribution is -2.14. The van der Waals surface area contributed by atoms with Gasteiger partial charge in [-0.1, -0.05) is 35.9 Å². The van der Waals surface area contributed by atoms with Crippen LogP contribution in [0.4, 0.5) is 0 Å². The summed E-state index contributed by atoms with van der Waals surface area (Å²) in [5.41, 5.74) is 10.2. The molecular formula is C16H14ClN3. The highest BCUT2D eigenvalue weighted by atomic mass is 35.5. The number of benzene rings is 2. The molecule has 3 nitrogen and oxygen atoms in total. The first-order valence-corrected chi connectivity index (χ1v) is 6.81. The lowest BCUT2D eigenvalue weighted by atomic mass is 9.98. The molecule has 1 unspecified atom stereocenters. The van der Waals surface area contributed by atoms with Gasteiger partial charge in [0.2, 0.25) is 0 Å². The number of hydrogen-bond acceptors (Lipinski definition) is 3. The van der Waals surface area contributed by atoms with Crippen LogP contribution in [0.1, 0.15) is 17.2 Å². The van der Waals surface area contributed by atoms with Crippen molar-refractivity contribution in [2.45, 2.75) is 12.5 Å². The van der Waals surface area contributed by atoms with Crippen molar-refractivity contribution in [1.29, 1.82) is 0 Å². The number of rotatable bonds is 3. The Morgan fingerprint density at radius 2 is 1.85 bits per heavy atom. The van der Waals surface area contributed by atoms with E-state index in [0.29, 0.717) is 0 Å². The zero-order valence-corrected chi connectivity index (χ0v) is 11.6. The third-order valence-electron chi connectivity index (χ3n) is 3.27. The Morgan fingerprint density at radius 3 is 2.70 bits per heavy atom. The van der Waals surface area contributed by atoms with Crippen LogP contribution in [0.25, 0.3) is 11.0 Å². The monoisotopic (exact) mass is 283 g/mol. The minimum atomic E-state index is -0.131. The van der Waals surface area contributed by atoms with Gasteiger partial charge in [0.05, 0.1) is 11.0 Å². The molecule has 0 aliphatic heterocycles. The van der Waals surface area contributed by atoms with Crippen LogP contribution < -0.4 is 5.73 Å². The molecule has 0 spiro atoms. The molecule has 0 saturated heterocycles. The first-order valence-electron chi connectivity index (χ1n) is 6.44. The Hall–Kier alpha value is -1.97. The molecule has 3 rings (SSSR count). The maximum Gasteiger partial charge on any atom is 0.0934 e. The summed E-state index contributed by atoms with van der Waals surface area (Å²) >= 11 is 6.01. The lowest BCUT2D eigenvalue weighted by molar-refractivity contribution is 0.726. The first-order chi connectivity index (χ1) is 9.74. The highest BCUT2D eigenvalue weighted by Gasteiger charge is 2.12. The van der Waals surface area contributed by atoms with Gasteiger partial charge >= 0.3 is 0 Å². The molecule has 4 heteroatoms. The molecule has 1 atom stereocenters. The number of halogens is 1. The van der Waals surface area contributed by atoms with Gasteiger partial charge in [-0.15, -0.1) is 0 Å². The van der Waals surface area contributed by atoms with Crippen molar-refractivity contribution in [3.8, 4) is 0 Å². The minimum Gasteiger partial charge on any atom is -0.324 e. The van der Waals surface area contributed by atoms with Crippen molar-refractivity contribution in [3.63, 3.8) is 0 Å². The number of nitrogens with zero attached hydrogens (tertiary/aromatic N) is 2. The van der Waals surface area contributed by atoms with Crippen LogP contribution >= 0.6 is 11.6 Å². The van der Waals surface area contributed by atoms with Crippen molar-refractivity contribution in [1.82, 2.24) is 9.97 Å².